The molecule has 1 aromatic carbocycles. The lowest BCUT2D eigenvalue weighted by molar-refractivity contribution is 0.102. The van der Waals surface area contributed by atoms with Gasteiger partial charge in [-0.15, -0.1) is 10.2 Å². The molecule has 0 atom stereocenters. The summed E-state index contributed by atoms with van der Waals surface area (Å²) in [6, 6.07) is 9.43. The molecule has 2 rings (SSSR count). The van der Waals surface area contributed by atoms with Gasteiger partial charge in [-0.3, -0.25) is 4.79 Å². The van der Waals surface area contributed by atoms with Crippen LogP contribution < -0.4 is 10.6 Å². The fourth-order valence-electron chi connectivity index (χ4n) is 2.45. The molecule has 1 aromatic heterocycles. The van der Waals surface area contributed by atoms with E-state index in [1.807, 2.05) is 13.8 Å². The number of rotatable bonds is 8. The minimum atomic E-state index is -3.55. The number of carbonyl (C=O) groups excluding carboxylic acids is 1. The predicted octanol–water partition coefficient (Wildman–Crippen LogP) is 2.58. The topological polar surface area (TPSA) is 104 Å². The third-order valence-corrected chi connectivity index (χ3v) is 5.87. The lowest BCUT2D eigenvalue weighted by Gasteiger charge is -2.18. The molecule has 2 aromatic rings. The minimum Gasteiger partial charge on any atom is -0.366 e. The molecule has 146 valence electrons. The summed E-state index contributed by atoms with van der Waals surface area (Å²) >= 11 is 0. The average molecular weight is 391 g/mol. The Balaban J connectivity index is 2.09. The first-order chi connectivity index (χ1) is 12.8. The Morgan fingerprint density at radius 3 is 2.04 bits per heavy atom. The van der Waals surface area contributed by atoms with Crippen molar-refractivity contribution < 1.29 is 13.2 Å². The summed E-state index contributed by atoms with van der Waals surface area (Å²) in [5.74, 6) is 0.545. The van der Waals surface area contributed by atoms with Crippen LogP contribution in [0.3, 0.4) is 0 Å². The van der Waals surface area contributed by atoms with Gasteiger partial charge in [0.15, 0.2) is 5.82 Å². The molecule has 0 radical (unpaired) electrons. The number of nitrogens with one attached hydrogen (secondary N) is 2. The maximum absolute atomic E-state index is 12.5. The Bertz CT molecular complexity index is 861. The van der Waals surface area contributed by atoms with Gasteiger partial charge in [0.05, 0.1) is 4.90 Å². The lowest BCUT2D eigenvalue weighted by Crippen LogP contribution is -2.30. The number of carbonyl (C=O) groups is 1. The molecule has 0 aliphatic carbocycles. The van der Waals surface area contributed by atoms with Crippen LogP contribution in [0.15, 0.2) is 41.3 Å². The summed E-state index contributed by atoms with van der Waals surface area (Å²) < 4.78 is 26.3. The van der Waals surface area contributed by atoms with Crippen LogP contribution in [-0.4, -0.2) is 48.0 Å². The number of sulfonamides is 1. The van der Waals surface area contributed by atoms with E-state index in [2.05, 4.69) is 20.8 Å². The van der Waals surface area contributed by atoms with Crippen LogP contribution in [0, 0.1) is 0 Å². The van der Waals surface area contributed by atoms with Crippen molar-refractivity contribution in [1.82, 2.24) is 14.5 Å². The highest BCUT2D eigenvalue weighted by Gasteiger charge is 2.21. The van der Waals surface area contributed by atoms with Crippen molar-refractivity contribution in [2.45, 2.75) is 38.6 Å². The van der Waals surface area contributed by atoms with Crippen LogP contribution in [0.5, 0.6) is 0 Å². The van der Waals surface area contributed by atoms with E-state index in [1.165, 1.54) is 28.6 Å². The molecule has 0 saturated carbocycles. The lowest BCUT2D eigenvalue weighted by atomic mass is 10.2. The van der Waals surface area contributed by atoms with Crippen molar-refractivity contribution in [3.8, 4) is 0 Å². The van der Waals surface area contributed by atoms with Gasteiger partial charge in [0, 0.05) is 24.7 Å². The molecule has 2 N–H and O–H groups in total. The number of anilines is 2. The molecule has 0 aliphatic rings. The smallest absolute Gasteiger partial charge is 0.256 e. The highest BCUT2D eigenvalue weighted by Crippen LogP contribution is 2.17. The zero-order valence-electron chi connectivity index (χ0n) is 15.9. The summed E-state index contributed by atoms with van der Waals surface area (Å²) in [7, 11) is -3.55. The van der Waals surface area contributed by atoms with Gasteiger partial charge in [-0.1, -0.05) is 13.8 Å². The molecule has 0 aliphatic heterocycles. The second-order valence-electron chi connectivity index (χ2n) is 6.17. The maximum atomic E-state index is 12.5. The van der Waals surface area contributed by atoms with Gasteiger partial charge in [0.1, 0.15) is 5.82 Å². The van der Waals surface area contributed by atoms with Gasteiger partial charge in [-0.2, -0.15) is 4.31 Å². The van der Waals surface area contributed by atoms with Crippen molar-refractivity contribution >= 4 is 27.6 Å². The van der Waals surface area contributed by atoms with Crippen molar-refractivity contribution in [3.05, 3.63) is 42.0 Å². The zero-order valence-corrected chi connectivity index (χ0v) is 16.7. The van der Waals surface area contributed by atoms with Crippen LogP contribution in [0.2, 0.25) is 0 Å². The van der Waals surface area contributed by atoms with Crippen LogP contribution in [-0.2, 0) is 10.0 Å². The molecule has 0 fully saturated rings. The quantitative estimate of drug-likeness (QED) is 0.717. The number of hydrogen-bond acceptors (Lipinski definition) is 6. The third-order valence-electron chi connectivity index (χ3n) is 3.80. The second-order valence-corrected chi connectivity index (χ2v) is 8.11. The first-order valence-corrected chi connectivity index (χ1v) is 10.2. The van der Waals surface area contributed by atoms with Crippen molar-refractivity contribution in [2.75, 3.05) is 23.7 Å². The molecule has 8 nitrogen and oxygen atoms in total. The Morgan fingerprint density at radius 1 is 1.00 bits per heavy atom. The van der Waals surface area contributed by atoms with E-state index in [4.69, 9.17) is 0 Å². The Labute approximate surface area is 160 Å². The van der Waals surface area contributed by atoms with E-state index in [0.29, 0.717) is 30.3 Å². The van der Waals surface area contributed by atoms with Crippen molar-refractivity contribution in [1.29, 1.82) is 0 Å². The summed E-state index contributed by atoms with van der Waals surface area (Å²) in [5, 5.41) is 13.7. The average Bonchev–Trinajstić information content (AvgIpc) is 2.64. The fraction of sp³-hybridized carbons (Fsp3) is 0.389. The first kappa shape index (κ1) is 20.8. The largest absolute Gasteiger partial charge is 0.366 e. The first-order valence-electron chi connectivity index (χ1n) is 8.79. The monoisotopic (exact) mass is 391 g/mol. The Kier molecular flexibility index (Phi) is 6.86. The summed E-state index contributed by atoms with van der Waals surface area (Å²) in [4.78, 5) is 12.5. The summed E-state index contributed by atoms with van der Waals surface area (Å²) in [6.07, 6.45) is 0. The van der Waals surface area contributed by atoms with Crippen molar-refractivity contribution in [2.24, 2.45) is 0 Å². The molecule has 27 heavy (non-hydrogen) atoms. The molecular weight excluding hydrogens is 366 g/mol. The second kappa shape index (κ2) is 8.92. The van der Waals surface area contributed by atoms with E-state index >= 15 is 0 Å². The van der Waals surface area contributed by atoms with E-state index in [0.717, 1.165) is 0 Å². The third kappa shape index (κ3) is 5.24. The van der Waals surface area contributed by atoms with Crippen LogP contribution in [0.4, 0.5) is 11.6 Å². The highest BCUT2D eigenvalue weighted by atomic mass is 32.2. The van der Waals surface area contributed by atoms with Gasteiger partial charge in [0.25, 0.3) is 5.91 Å². The molecule has 0 bridgehead atoms. The Morgan fingerprint density at radius 2 is 1.56 bits per heavy atom. The molecule has 0 unspecified atom stereocenters. The van der Waals surface area contributed by atoms with Gasteiger partial charge >= 0.3 is 0 Å². The van der Waals surface area contributed by atoms with Gasteiger partial charge in [-0.05, 0) is 50.2 Å². The standard InChI is InChI=1S/C18H25N5O3S/c1-5-23(6-2)27(25,26)15-9-7-14(8-10-15)18(24)20-17-12-11-16(21-22-17)19-13(3)4/h7-13H,5-6H2,1-4H3,(H,19,21)(H,20,22,24). The number of amides is 1. The number of nitrogens with zero attached hydrogens (tertiary/aromatic N) is 3. The molecular formula is C18H25N5O3S. The van der Waals surface area contributed by atoms with E-state index in [9.17, 15) is 13.2 Å². The number of aromatic nitrogens is 2. The van der Waals surface area contributed by atoms with Gasteiger partial charge in [-0.25, -0.2) is 8.42 Å². The van der Waals surface area contributed by atoms with Gasteiger partial charge < -0.3 is 10.6 Å². The molecule has 0 saturated heterocycles. The molecule has 1 heterocycles. The van der Waals surface area contributed by atoms with E-state index < -0.39 is 10.0 Å². The SMILES string of the molecule is CCN(CC)S(=O)(=O)c1ccc(C(=O)Nc2ccc(NC(C)C)nn2)cc1. The summed E-state index contributed by atoms with van der Waals surface area (Å²) in [5.41, 5.74) is 0.333. The van der Waals surface area contributed by atoms with Crippen molar-refractivity contribution in [3.63, 3.8) is 0 Å². The normalized spacial score (nSPS) is 11.6. The van der Waals surface area contributed by atoms with E-state index in [-0.39, 0.29) is 16.8 Å². The molecule has 1 amide bonds. The number of benzene rings is 1. The van der Waals surface area contributed by atoms with E-state index in [1.54, 1.807) is 26.0 Å². The highest BCUT2D eigenvalue weighted by molar-refractivity contribution is 7.89. The van der Waals surface area contributed by atoms with Crippen LogP contribution >= 0.6 is 0 Å². The van der Waals surface area contributed by atoms with Crippen LogP contribution in [0.25, 0.3) is 0 Å². The number of hydrogen-bond donors (Lipinski definition) is 2. The maximum Gasteiger partial charge on any atom is 0.256 e. The minimum absolute atomic E-state index is 0.159. The fourth-order valence-corrected chi connectivity index (χ4v) is 3.91. The van der Waals surface area contributed by atoms with Crippen LogP contribution in [0.1, 0.15) is 38.1 Å². The zero-order chi connectivity index (χ0) is 20.0. The predicted molar refractivity (Wildman–Crippen MR) is 105 cm³/mol. The Hall–Kier alpha value is -2.52. The molecule has 9 heteroatoms. The molecule has 0 spiro atoms. The summed E-state index contributed by atoms with van der Waals surface area (Å²) in [6.45, 7) is 8.32. The van der Waals surface area contributed by atoms with Gasteiger partial charge in [0.2, 0.25) is 10.0 Å².